The van der Waals surface area contributed by atoms with Gasteiger partial charge in [-0.15, -0.1) is 0 Å². The van der Waals surface area contributed by atoms with Crippen LogP contribution >= 0.6 is 0 Å². The number of nitrogens with zero attached hydrogens (tertiary/aromatic N) is 2. The van der Waals surface area contributed by atoms with E-state index >= 15 is 0 Å². The number of rotatable bonds is 5. The van der Waals surface area contributed by atoms with Gasteiger partial charge < -0.3 is 15.7 Å². The van der Waals surface area contributed by atoms with Crippen LogP contribution in [0.1, 0.15) is 29.5 Å². The molecular weight excluding hydrogens is 296 g/mol. The number of aromatic nitrogens is 2. The fourth-order valence-electron chi connectivity index (χ4n) is 2.53. The van der Waals surface area contributed by atoms with Crippen LogP contribution in [-0.4, -0.2) is 65.2 Å². The third-order valence-corrected chi connectivity index (χ3v) is 5.44. The summed E-state index contributed by atoms with van der Waals surface area (Å²) >= 11 is 0. The molecule has 8 nitrogen and oxygen atoms in total. The number of sulfone groups is 1. The van der Waals surface area contributed by atoms with Gasteiger partial charge in [-0.3, -0.25) is 9.89 Å². The Morgan fingerprint density at radius 2 is 2.29 bits per heavy atom. The smallest absolute Gasteiger partial charge is 0.276 e. The minimum atomic E-state index is -3.12. The van der Waals surface area contributed by atoms with Gasteiger partial charge in [0.25, 0.3) is 5.91 Å². The Kier molecular flexibility index (Phi) is 4.52. The Hall–Kier alpha value is -1.61. The van der Waals surface area contributed by atoms with Gasteiger partial charge in [-0.25, -0.2) is 8.42 Å². The molecule has 4 N–H and O–H groups in total. The van der Waals surface area contributed by atoms with E-state index in [1.54, 1.807) is 0 Å². The summed E-state index contributed by atoms with van der Waals surface area (Å²) in [6.07, 6.45) is 0.989. The fourth-order valence-corrected chi connectivity index (χ4v) is 4.26. The molecule has 1 aromatic heterocycles. The van der Waals surface area contributed by atoms with Crippen LogP contribution in [0.4, 0.5) is 5.69 Å². The number of aliphatic hydroxyl groups excluding tert-OH is 1. The van der Waals surface area contributed by atoms with Crippen molar-refractivity contribution in [1.29, 1.82) is 0 Å². The van der Waals surface area contributed by atoms with Crippen LogP contribution in [0.25, 0.3) is 0 Å². The zero-order chi connectivity index (χ0) is 15.6. The molecule has 1 aliphatic heterocycles. The largest absolute Gasteiger partial charge is 0.395 e. The molecule has 1 aliphatic rings. The summed E-state index contributed by atoms with van der Waals surface area (Å²) in [6.45, 7) is 1.70. The maximum absolute atomic E-state index is 12.5. The van der Waals surface area contributed by atoms with Crippen molar-refractivity contribution in [2.24, 2.45) is 0 Å². The van der Waals surface area contributed by atoms with Crippen LogP contribution in [0, 0.1) is 0 Å². The van der Waals surface area contributed by atoms with Crippen molar-refractivity contribution < 1.29 is 18.3 Å². The number of hydrogen-bond donors (Lipinski definition) is 3. The van der Waals surface area contributed by atoms with Gasteiger partial charge in [0.2, 0.25) is 0 Å². The minimum absolute atomic E-state index is 0.0587. The molecule has 1 saturated heterocycles. The van der Waals surface area contributed by atoms with E-state index < -0.39 is 21.8 Å². The summed E-state index contributed by atoms with van der Waals surface area (Å²) in [5.74, 6) is -0.466. The lowest BCUT2D eigenvalue weighted by Gasteiger charge is -2.26. The fraction of sp³-hybridized carbons (Fsp3) is 0.667. The number of aliphatic hydroxyl groups is 1. The van der Waals surface area contributed by atoms with Crippen molar-refractivity contribution in [3.8, 4) is 0 Å². The topological polar surface area (TPSA) is 129 Å². The highest BCUT2D eigenvalue weighted by Crippen LogP contribution is 2.22. The second-order valence-electron chi connectivity index (χ2n) is 5.10. The quantitative estimate of drug-likeness (QED) is 0.650. The highest BCUT2D eigenvalue weighted by molar-refractivity contribution is 7.91. The first-order chi connectivity index (χ1) is 9.89. The van der Waals surface area contributed by atoms with Gasteiger partial charge in [0.05, 0.1) is 29.5 Å². The van der Waals surface area contributed by atoms with Crippen molar-refractivity contribution in [3.63, 3.8) is 0 Å². The maximum atomic E-state index is 12.5. The number of carbonyl (C=O) groups excluding carboxylic acids is 1. The van der Waals surface area contributed by atoms with Crippen LogP contribution in [0.5, 0.6) is 0 Å². The molecule has 0 aromatic carbocycles. The summed E-state index contributed by atoms with van der Waals surface area (Å²) in [4.78, 5) is 13.9. The van der Waals surface area contributed by atoms with E-state index in [9.17, 15) is 13.2 Å². The van der Waals surface area contributed by atoms with E-state index in [0.717, 1.165) is 0 Å². The predicted octanol–water partition coefficient (Wildman–Crippen LogP) is -0.824. The third kappa shape index (κ3) is 3.18. The number of amides is 1. The van der Waals surface area contributed by atoms with Crippen molar-refractivity contribution in [1.82, 2.24) is 15.1 Å². The monoisotopic (exact) mass is 316 g/mol. The Bertz CT molecular complexity index is 625. The van der Waals surface area contributed by atoms with Gasteiger partial charge in [-0.05, 0) is 12.8 Å². The van der Waals surface area contributed by atoms with Crippen LogP contribution in [0.2, 0.25) is 0 Å². The number of H-pyrrole nitrogens is 1. The van der Waals surface area contributed by atoms with E-state index in [-0.39, 0.29) is 36.0 Å². The normalized spacial score (nSPS) is 20.6. The maximum Gasteiger partial charge on any atom is 0.276 e. The van der Waals surface area contributed by atoms with Crippen LogP contribution < -0.4 is 5.73 Å². The molecular formula is C12H20N4O4S. The first-order valence-corrected chi connectivity index (χ1v) is 8.66. The number of carbonyl (C=O) groups is 1. The number of nitrogen functional groups attached to an aromatic ring is 1. The third-order valence-electron chi connectivity index (χ3n) is 3.69. The molecule has 9 heteroatoms. The molecule has 21 heavy (non-hydrogen) atoms. The molecule has 2 heterocycles. The van der Waals surface area contributed by atoms with Gasteiger partial charge in [-0.2, -0.15) is 5.10 Å². The molecule has 0 radical (unpaired) electrons. The Morgan fingerprint density at radius 3 is 2.76 bits per heavy atom. The van der Waals surface area contributed by atoms with Crippen molar-refractivity contribution in [2.45, 2.75) is 25.8 Å². The van der Waals surface area contributed by atoms with Gasteiger partial charge in [0.1, 0.15) is 0 Å². The predicted molar refractivity (Wildman–Crippen MR) is 77.6 cm³/mol. The average molecular weight is 316 g/mol. The number of aryl methyl sites for hydroxylation is 1. The van der Waals surface area contributed by atoms with Crippen LogP contribution in [0.15, 0.2) is 0 Å². The summed E-state index contributed by atoms with van der Waals surface area (Å²) in [7, 11) is -3.12. The van der Waals surface area contributed by atoms with Gasteiger partial charge in [0, 0.05) is 12.6 Å². The van der Waals surface area contributed by atoms with Crippen molar-refractivity contribution >= 4 is 21.4 Å². The average Bonchev–Trinajstić information content (AvgIpc) is 2.98. The Morgan fingerprint density at radius 1 is 1.57 bits per heavy atom. The molecule has 1 atom stereocenters. The first kappa shape index (κ1) is 15.8. The number of aromatic amines is 1. The van der Waals surface area contributed by atoms with Crippen molar-refractivity contribution in [3.05, 3.63) is 11.4 Å². The van der Waals surface area contributed by atoms with E-state index in [1.165, 1.54) is 4.90 Å². The molecule has 1 aromatic rings. The minimum Gasteiger partial charge on any atom is -0.395 e. The van der Waals surface area contributed by atoms with E-state index in [4.69, 9.17) is 10.8 Å². The van der Waals surface area contributed by atoms with Gasteiger partial charge in [-0.1, -0.05) is 6.92 Å². The molecule has 0 aliphatic carbocycles. The molecule has 0 saturated carbocycles. The Balaban J connectivity index is 2.25. The lowest BCUT2D eigenvalue weighted by molar-refractivity contribution is 0.0650. The zero-order valence-corrected chi connectivity index (χ0v) is 12.7. The highest BCUT2D eigenvalue weighted by atomic mass is 32.2. The summed E-state index contributed by atoms with van der Waals surface area (Å²) in [5, 5.41) is 15.8. The molecule has 1 fully saturated rings. The summed E-state index contributed by atoms with van der Waals surface area (Å²) in [5.41, 5.74) is 6.92. The van der Waals surface area contributed by atoms with Crippen LogP contribution in [0.3, 0.4) is 0 Å². The number of hydrogen-bond acceptors (Lipinski definition) is 6. The molecule has 118 valence electrons. The Labute approximate surface area is 123 Å². The second kappa shape index (κ2) is 6.02. The molecule has 0 spiro atoms. The number of nitrogens with two attached hydrogens (primary N) is 1. The molecule has 0 bridgehead atoms. The standard InChI is InChI=1S/C12H20N4O4S/c1-2-9-10(13)11(15-14-9)12(18)16(4-5-17)8-3-6-21(19,20)7-8/h8,17H,2-7,13H2,1H3,(H,14,15). The number of nitrogens with one attached hydrogen (secondary N) is 1. The van der Waals surface area contributed by atoms with E-state index in [1.807, 2.05) is 6.92 Å². The molecule has 1 unspecified atom stereocenters. The second-order valence-corrected chi connectivity index (χ2v) is 7.33. The van der Waals surface area contributed by atoms with Crippen LogP contribution in [-0.2, 0) is 16.3 Å². The molecule has 1 amide bonds. The SMILES string of the molecule is CCc1[nH]nc(C(=O)N(CCO)C2CCS(=O)(=O)C2)c1N. The first-order valence-electron chi connectivity index (χ1n) is 6.84. The van der Waals surface area contributed by atoms with Gasteiger partial charge in [0.15, 0.2) is 15.5 Å². The summed E-state index contributed by atoms with van der Waals surface area (Å²) in [6, 6.07) is -0.434. The van der Waals surface area contributed by atoms with Crippen molar-refractivity contribution in [2.75, 3.05) is 30.4 Å². The highest BCUT2D eigenvalue weighted by Gasteiger charge is 2.36. The molecule has 2 rings (SSSR count). The lowest BCUT2D eigenvalue weighted by atomic mass is 10.2. The van der Waals surface area contributed by atoms with E-state index in [2.05, 4.69) is 10.2 Å². The van der Waals surface area contributed by atoms with E-state index in [0.29, 0.717) is 18.5 Å². The zero-order valence-electron chi connectivity index (χ0n) is 11.9. The lowest BCUT2D eigenvalue weighted by Crippen LogP contribution is -2.43. The van der Waals surface area contributed by atoms with Gasteiger partial charge >= 0.3 is 0 Å². The summed E-state index contributed by atoms with van der Waals surface area (Å²) < 4.78 is 23.2. The number of anilines is 1.